The second-order valence-electron chi connectivity index (χ2n) is 3.79. The normalized spacial score (nSPS) is 13.1. The summed E-state index contributed by atoms with van der Waals surface area (Å²) < 4.78 is 12.9. The molecule has 1 aromatic rings. The minimum Gasteiger partial charge on any atom is -0.271 e. The summed E-state index contributed by atoms with van der Waals surface area (Å²) in [4.78, 5) is 0.941. The molecule has 0 saturated heterocycles. The van der Waals surface area contributed by atoms with Crippen LogP contribution in [-0.4, -0.2) is 11.8 Å². The number of hydrogen-bond donors (Lipinski definition) is 2. The quantitative estimate of drug-likeness (QED) is 0.462. The van der Waals surface area contributed by atoms with Crippen LogP contribution in [0.4, 0.5) is 4.39 Å². The van der Waals surface area contributed by atoms with Gasteiger partial charge < -0.3 is 0 Å². The number of hydrogen-bond acceptors (Lipinski definition) is 3. The molecule has 0 fully saturated rings. The van der Waals surface area contributed by atoms with E-state index in [9.17, 15) is 4.39 Å². The molecule has 4 heteroatoms. The van der Waals surface area contributed by atoms with Crippen LogP contribution in [0.2, 0.25) is 0 Å². The van der Waals surface area contributed by atoms with E-state index in [0.717, 1.165) is 10.6 Å². The lowest BCUT2D eigenvalue weighted by Crippen LogP contribution is -2.40. The first-order valence-corrected chi connectivity index (χ1v) is 5.96. The van der Waals surface area contributed by atoms with E-state index in [0.29, 0.717) is 5.92 Å². The molecule has 0 radical (unpaired) electrons. The van der Waals surface area contributed by atoms with E-state index in [1.807, 2.05) is 6.07 Å². The monoisotopic (exact) mass is 228 g/mol. The third-order valence-electron chi connectivity index (χ3n) is 2.24. The van der Waals surface area contributed by atoms with Crippen LogP contribution in [0.5, 0.6) is 0 Å². The van der Waals surface area contributed by atoms with Crippen molar-refractivity contribution in [1.29, 1.82) is 0 Å². The molecule has 0 saturated carbocycles. The van der Waals surface area contributed by atoms with Crippen molar-refractivity contribution in [3.63, 3.8) is 0 Å². The zero-order chi connectivity index (χ0) is 11.3. The van der Waals surface area contributed by atoms with Gasteiger partial charge in [0.2, 0.25) is 0 Å². The Hall–Kier alpha value is -0.580. The van der Waals surface area contributed by atoms with Crippen molar-refractivity contribution in [1.82, 2.24) is 5.43 Å². The Bertz CT molecular complexity index is 304. The largest absolute Gasteiger partial charge is 0.271 e. The Morgan fingerprint density at radius 1 is 1.47 bits per heavy atom. The SMILES string of the molecule is CC(C)C(CSc1cccc(F)c1)NN. The summed E-state index contributed by atoms with van der Waals surface area (Å²) in [7, 11) is 0. The van der Waals surface area contributed by atoms with Crippen molar-refractivity contribution < 1.29 is 4.39 Å². The maximum Gasteiger partial charge on any atom is 0.124 e. The molecule has 1 atom stereocenters. The summed E-state index contributed by atoms with van der Waals surface area (Å²) in [5.74, 6) is 6.55. The number of rotatable bonds is 5. The molecule has 84 valence electrons. The Balaban J connectivity index is 2.49. The van der Waals surface area contributed by atoms with Gasteiger partial charge in [-0.05, 0) is 24.1 Å². The lowest BCUT2D eigenvalue weighted by atomic mass is 10.1. The third kappa shape index (κ3) is 4.20. The maximum atomic E-state index is 12.9. The zero-order valence-corrected chi connectivity index (χ0v) is 9.85. The van der Waals surface area contributed by atoms with Gasteiger partial charge in [-0.25, -0.2) is 4.39 Å². The molecule has 0 aliphatic heterocycles. The summed E-state index contributed by atoms with van der Waals surface area (Å²) in [6.45, 7) is 4.22. The molecule has 0 amide bonds. The van der Waals surface area contributed by atoms with Gasteiger partial charge >= 0.3 is 0 Å². The number of thioether (sulfide) groups is 1. The molecule has 1 rings (SSSR count). The molecular formula is C11H17FN2S. The minimum atomic E-state index is -0.193. The van der Waals surface area contributed by atoms with Crippen LogP contribution >= 0.6 is 11.8 Å². The highest BCUT2D eigenvalue weighted by atomic mass is 32.2. The molecule has 0 aliphatic rings. The summed E-state index contributed by atoms with van der Waals surface area (Å²) in [5.41, 5.74) is 2.77. The molecule has 0 aromatic heterocycles. The van der Waals surface area contributed by atoms with Crippen LogP contribution in [-0.2, 0) is 0 Å². The molecule has 0 bridgehead atoms. The Labute approximate surface area is 94.4 Å². The molecule has 2 nitrogen and oxygen atoms in total. The first-order chi connectivity index (χ1) is 7.13. The maximum absolute atomic E-state index is 12.9. The molecule has 3 N–H and O–H groups in total. The van der Waals surface area contributed by atoms with Gasteiger partial charge in [0.15, 0.2) is 0 Å². The molecular weight excluding hydrogens is 211 g/mol. The molecule has 0 spiro atoms. The van der Waals surface area contributed by atoms with Gasteiger partial charge in [0.25, 0.3) is 0 Å². The van der Waals surface area contributed by atoms with Crippen molar-refractivity contribution in [3.8, 4) is 0 Å². The van der Waals surface area contributed by atoms with Crippen LogP contribution in [0.1, 0.15) is 13.8 Å². The second kappa shape index (κ2) is 6.10. The van der Waals surface area contributed by atoms with E-state index in [1.54, 1.807) is 23.9 Å². The third-order valence-corrected chi connectivity index (χ3v) is 3.36. The molecule has 1 unspecified atom stereocenters. The fourth-order valence-electron chi connectivity index (χ4n) is 1.18. The zero-order valence-electron chi connectivity index (χ0n) is 9.03. The van der Waals surface area contributed by atoms with Crippen LogP contribution in [0, 0.1) is 11.7 Å². The van der Waals surface area contributed by atoms with E-state index in [1.165, 1.54) is 6.07 Å². The fourth-order valence-corrected chi connectivity index (χ4v) is 2.40. The van der Waals surface area contributed by atoms with Crippen LogP contribution in [0.15, 0.2) is 29.2 Å². The van der Waals surface area contributed by atoms with Crippen LogP contribution in [0.25, 0.3) is 0 Å². The number of nitrogens with one attached hydrogen (secondary N) is 1. The second-order valence-corrected chi connectivity index (χ2v) is 4.88. The van der Waals surface area contributed by atoms with E-state index in [2.05, 4.69) is 19.3 Å². The van der Waals surface area contributed by atoms with Gasteiger partial charge in [-0.15, -0.1) is 11.8 Å². The molecule has 15 heavy (non-hydrogen) atoms. The summed E-state index contributed by atoms with van der Waals surface area (Å²) in [6, 6.07) is 6.86. The predicted molar refractivity (Wildman–Crippen MR) is 63.1 cm³/mol. The summed E-state index contributed by atoms with van der Waals surface area (Å²) >= 11 is 1.61. The fraction of sp³-hybridized carbons (Fsp3) is 0.455. The topological polar surface area (TPSA) is 38.0 Å². The van der Waals surface area contributed by atoms with Gasteiger partial charge in [-0.2, -0.15) is 0 Å². The van der Waals surface area contributed by atoms with Gasteiger partial charge in [-0.1, -0.05) is 19.9 Å². The van der Waals surface area contributed by atoms with Crippen molar-refractivity contribution in [2.24, 2.45) is 11.8 Å². The van der Waals surface area contributed by atoms with E-state index >= 15 is 0 Å². The van der Waals surface area contributed by atoms with Crippen molar-refractivity contribution in [3.05, 3.63) is 30.1 Å². The Kier molecular flexibility index (Phi) is 5.08. The van der Waals surface area contributed by atoms with Gasteiger partial charge in [0.05, 0.1) is 0 Å². The lowest BCUT2D eigenvalue weighted by molar-refractivity contribution is 0.443. The Morgan fingerprint density at radius 2 is 2.20 bits per heavy atom. The van der Waals surface area contributed by atoms with Crippen molar-refractivity contribution in [2.45, 2.75) is 24.8 Å². The molecule has 0 heterocycles. The number of benzene rings is 1. The minimum absolute atomic E-state index is 0.193. The number of halogens is 1. The first-order valence-electron chi connectivity index (χ1n) is 4.98. The standard InChI is InChI=1S/C11H17FN2S/c1-8(2)11(14-13)7-15-10-5-3-4-9(12)6-10/h3-6,8,11,14H,7,13H2,1-2H3. The lowest BCUT2D eigenvalue weighted by Gasteiger charge is -2.19. The number of hydrazine groups is 1. The molecule has 0 aliphatic carbocycles. The predicted octanol–water partition coefficient (Wildman–Crippen LogP) is 2.41. The van der Waals surface area contributed by atoms with Crippen LogP contribution in [0.3, 0.4) is 0 Å². The van der Waals surface area contributed by atoms with Gasteiger partial charge in [-0.3, -0.25) is 11.3 Å². The smallest absolute Gasteiger partial charge is 0.124 e. The average molecular weight is 228 g/mol. The average Bonchev–Trinajstić information content (AvgIpc) is 2.18. The highest BCUT2D eigenvalue weighted by Crippen LogP contribution is 2.21. The summed E-state index contributed by atoms with van der Waals surface area (Å²) in [6.07, 6.45) is 0. The number of nitrogens with two attached hydrogens (primary N) is 1. The first kappa shape index (κ1) is 12.5. The summed E-state index contributed by atoms with van der Waals surface area (Å²) in [5, 5.41) is 0. The van der Waals surface area contributed by atoms with E-state index < -0.39 is 0 Å². The van der Waals surface area contributed by atoms with Crippen molar-refractivity contribution in [2.75, 3.05) is 5.75 Å². The van der Waals surface area contributed by atoms with Gasteiger partial charge in [0.1, 0.15) is 5.82 Å². The highest BCUT2D eigenvalue weighted by molar-refractivity contribution is 7.99. The van der Waals surface area contributed by atoms with Crippen LogP contribution < -0.4 is 11.3 Å². The van der Waals surface area contributed by atoms with Gasteiger partial charge in [0, 0.05) is 16.7 Å². The van der Waals surface area contributed by atoms with E-state index in [4.69, 9.17) is 5.84 Å². The van der Waals surface area contributed by atoms with E-state index in [-0.39, 0.29) is 11.9 Å². The molecule has 1 aromatic carbocycles. The van der Waals surface area contributed by atoms with Crippen molar-refractivity contribution >= 4 is 11.8 Å². The Morgan fingerprint density at radius 3 is 2.73 bits per heavy atom. The highest BCUT2D eigenvalue weighted by Gasteiger charge is 2.11.